The Morgan fingerprint density at radius 1 is 1.62 bits per heavy atom. The third-order valence-electron chi connectivity index (χ3n) is 2.48. The zero-order valence-electron chi connectivity index (χ0n) is 8.54. The van der Waals surface area contributed by atoms with Crippen molar-refractivity contribution >= 4 is 0 Å². The average molecular weight is 189 g/mol. The minimum Gasteiger partial charge on any atom is -0.386 e. The van der Waals surface area contributed by atoms with Gasteiger partial charge in [-0.3, -0.25) is 0 Å². The maximum Gasteiger partial charge on any atom is 0.108 e. The van der Waals surface area contributed by atoms with E-state index in [0.717, 1.165) is 0 Å². The third kappa shape index (κ3) is 2.40. The highest BCUT2D eigenvalue weighted by Gasteiger charge is 2.46. The number of rotatable bonds is 3. The summed E-state index contributed by atoms with van der Waals surface area (Å²) in [6.07, 6.45) is 0.560. The first-order valence-corrected chi connectivity index (χ1v) is 4.50. The van der Waals surface area contributed by atoms with Gasteiger partial charge < -0.3 is 20.3 Å². The van der Waals surface area contributed by atoms with Gasteiger partial charge in [0.15, 0.2) is 0 Å². The largest absolute Gasteiger partial charge is 0.386 e. The molecule has 0 aromatic heterocycles. The fourth-order valence-corrected chi connectivity index (χ4v) is 1.73. The summed E-state index contributed by atoms with van der Waals surface area (Å²) >= 11 is 0. The van der Waals surface area contributed by atoms with Crippen molar-refractivity contribution in [3.63, 3.8) is 0 Å². The maximum absolute atomic E-state index is 10.1. The SMILES string of the molecule is COCC(N)C1(O)COC(C)(C)C1. The monoisotopic (exact) mass is 189 g/mol. The van der Waals surface area contributed by atoms with E-state index in [2.05, 4.69) is 0 Å². The average Bonchev–Trinajstić information content (AvgIpc) is 2.28. The molecule has 0 saturated carbocycles. The van der Waals surface area contributed by atoms with Crippen molar-refractivity contribution in [2.75, 3.05) is 20.3 Å². The fraction of sp³-hybridized carbons (Fsp3) is 1.00. The van der Waals surface area contributed by atoms with Crippen LogP contribution in [0.3, 0.4) is 0 Å². The van der Waals surface area contributed by atoms with Gasteiger partial charge in [-0.15, -0.1) is 0 Å². The molecule has 0 aliphatic carbocycles. The lowest BCUT2D eigenvalue weighted by Crippen LogP contribution is -2.51. The van der Waals surface area contributed by atoms with Crippen molar-refractivity contribution in [3.05, 3.63) is 0 Å². The van der Waals surface area contributed by atoms with Gasteiger partial charge in [-0.25, -0.2) is 0 Å². The topological polar surface area (TPSA) is 64.7 Å². The summed E-state index contributed by atoms with van der Waals surface area (Å²) in [7, 11) is 1.57. The van der Waals surface area contributed by atoms with E-state index in [1.165, 1.54) is 0 Å². The molecule has 0 aromatic rings. The number of methoxy groups -OCH3 is 1. The first-order valence-electron chi connectivity index (χ1n) is 4.50. The van der Waals surface area contributed by atoms with Crippen molar-refractivity contribution < 1.29 is 14.6 Å². The lowest BCUT2D eigenvalue weighted by molar-refractivity contribution is -0.0232. The van der Waals surface area contributed by atoms with Crippen molar-refractivity contribution in [3.8, 4) is 0 Å². The zero-order chi connectivity index (χ0) is 10.1. The Labute approximate surface area is 79.0 Å². The van der Waals surface area contributed by atoms with E-state index in [9.17, 15) is 5.11 Å². The van der Waals surface area contributed by atoms with Gasteiger partial charge in [-0.2, -0.15) is 0 Å². The van der Waals surface area contributed by atoms with Crippen LogP contribution in [0.15, 0.2) is 0 Å². The van der Waals surface area contributed by atoms with E-state index < -0.39 is 5.60 Å². The molecular formula is C9H19NO3. The van der Waals surface area contributed by atoms with Crippen LogP contribution in [0.4, 0.5) is 0 Å². The number of nitrogens with two attached hydrogens (primary N) is 1. The van der Waals surface area contributed by atoms with Crippen LogP contribution in [-0.4, -0.2) is 42.7 Å². The third-order valence-corrected chi connectivity index (χ3v) is 2.48. The number of hydrogen-bond acceptors (Lipinski definition) is 4. The second kappa shape index (κ2) is 3.53. The van der Waals surface area contributed by atoms with Gasteiger partial charge in [-0.1, -0.05) is 0 Å². The Hall–Kier alpha value is -0.160. The normalized spacial score (nSPS) is 34.8. The molecule has 0 aromatic carbocycles. The number of ether oxygens (including phenoxy) is 2. The first-order chi connectivity index (χ1) is 5.90. The van der Waals surface area contributed by atoms with Crippen LogP contribution in [0, 0.1) is 0 Å². The molecule has 1 aliphatic heterocycles. The molecule has 13 heavy (non-hydrogen) atoms. The lowest BCUT2D eigenvalue weighted by Gasteiger charge is -2.28. The van der Waals surface area contributed by atoms with Gasteiger partial charge in [0.2, 0.25) is 0 Å². The van der Waals surface area contributed by atoms with E-state index in [0.29, 0.717) is 19.6 Å². The molecule has 2 unspecified atom stereocenters. The van der Waals surface area contributed by atoms with Gasteiger partial charge >= 0.3 is 0 Å². The summed E-state index contributed by atoms with van der Waals surface area (Å²) in [5.41, 5.74) is 4.58. The molecule has 1 fully saturated rings. The molecule has 78 valence electrons. The number of hydrogen-bond donors (Lipinski definition) is 2. The Balaban J connectivity index is 2.58. The van der Waals surface area contributed by atoms with Crippen LogP contribution in [0.1, 0.15) is 20.3 Å². The van der Waals surface area contributed by atoms with E-state index in [1.807, 2.05) is 13.8 Å². The zero-order valence-corrected chi connectivity index (χ0v) is 8.54. The molecule has 0 amide bonds. The molecule has 2 atom stereocenters. The molecule has 0 bridgehead atoms. The first kappa shape index (κ1) is 10.9. The summed E-state index contributed by atoms with van der Waals surface area (Å²) in [4.78, 5) is 0. The highest BCUT2D eigenvalue weighted by atomic mass is 16.5. The van der Waals surface area contributed by atoms with Crippen molar-refractivity contribution in [1.82, 2.24) is 0 Å². The Morgan fingerprint density at radius 2 is 2.23 bits per heavy atom. The van der Waals surface area contributed by atoms with Crippen LogP contribution in [0.2, 0.25) is 0 Å². The molecule has 1 saturated heterocycles. The van der Waals surface area contributed by atoms with E-state index >= 15 is 0 Å². The van der Waals surface area contributed by atoms with Gasteiger partial charge in [0, 0.05) is 13.5 Å². The van der Waals surface area contributed by atoms with Crippen LogP contribution in [0.5, 0.6) is 0 Å². The predicted octanol–water partition coefficient (Wildman–Crippen LogP) is -0.110. The molecule has 3 N–H and O–H groups in total. The molecule has 1 aliphatic rings. The van der Waals surface area contributed by atoms with E-state index in [4.69, 9.17) is 15.2 Å². The lowest BCUT2D eigenvalue weighted by atomic mass is 9.88. The van der Waals surface area contributed by atoms with E-state index in [1.54, 1.807) is 7.11 Å². The summed E-state index contributed by atoms with van der Waals surface area (Å²) in [5.74, 6) is 0. The van der Waals surface area contributed by atoms with Gasteiger partial charge in [-0.05, 0) is 13.8 Å². The van der Waals surface area contributed by atoms with Gasteiger partial charge in [0.05, 0.1) is 24.9 Å². The summed E-state index contributed by atoms with van der Waals surface area (Å²) in [6.45, 7) is 4.55. The van der Waals surface area contributed by atoms with Crippen LogP contribution >= 0.6 is 0 Å². The molecule has 1 rings (SSSR count). The Morgan fingerprint density at radius 3 is 2.62 bits per heavy atom. The number of aliphatic hydroxyl groups is 1. The fourth-order valence-electron chi connectivity index (χ4n) is 1.73. The quantitative estimate of drug-likeness (QED) is 0.650. The van der Waals surface area contributed by atoms with E-state index in [-0.39, 0.29) is 11.6 Å². The second-order valence-corrected chi connectivity index (χ2v) is 4.39. The standard InChI is InChI=1S/C9H19NO3/c1-8(2)5-9(11,6-13-8)7(10)4-12-3/h7,11H,4-6,10H2,1-3H3. The van der Waals surface area contributed by atoms with Crippen molar-refractivity contribution in [2.45, 2.75) is 37.5 Å². The molecule has 4 nitrogen and oxygen atoms in total. The van der Waals surface area contributed by atoms with Crippen LogP contribution in [-0.2, 0) is 9.47 Å². The van der Waals surface area contributed by atoms with Crippen LogP contribution in [0.25, 0.3) is 0 Å². The molecule has 0 radical (unpaired) electrons. The minimum atomic E-state index is -0.931. The molecular weight excluding hydrogens is 170 g/mol. The summed E-state index contributed by atoms with van der Waals surface area (Å²) in [6, 6.07) is -0.376. The van der Waals surface area contributed by atoms with Gasteiger partial charge in [0.25, 0.3) is 0 Å². The predicted molar refractivity (Wildman–Crippen MR) is 49.4 cm³/mol. The van der Waals surface area contributed by atoms with Crippen molar-refractivity contribution in [2.24, 2.45) is 5.73 Å². The molecule has 1 heterocycles. The summed E-state index contributed by atoms with van der Waals surface area (Å²) < 4.78 is 10.3. The van der Waals surface area contributed by atoms with Crippen molar-refractivity contribution in [1.29, 1.82) is 0 Å². The maximum atomic E-state index is 10.1. The molecule has 0 spiro atoms. The van der Waals surface area contributed by atoms with Gasteiger partial charge in [0.1, 0.15) is 5.60 Å². The highest BCUT2D eigenvalue weighted by molar-refractivity contribution is 4.99. The second-order valence-electron chi connectivity index (χ2n) is 4.39. The smallest absolute Gasteiger partial charge is 0.108 e. The highest BCUT2D eigenvalue weighted by Crippen LogP contribution is 2.34. The Bertz CT molecular complexity index is 184. The van der Waals surface area contributed by atoms with Crippen LogP contribution < -0.4 is 5.73 Å². The Kier molecular flexibility index (Phi) is 2.97. The molecule has 4 heteroatoms. The minimum absolute atomic E-state index is 0.278. The summed E-state index contributed by atoms with van der Waals surface area (Å²) in [5, 5.41) is 10.1.